The first-order valence-corrected chi connectivity index (χ1v) is 7.11. The second-order valence-electron chi connectivity index (χ2n) is 5.16. The molecule has 3 heteroatoms. The van der Waals surface area contributed by atoms with Gasteiger partial charge in [-0.3, -0.25) is 0 Å². The molecule has 0 aliphatic rings. The highest BCUT2D eigenvalue weighted by atomic mass is 16.3. The number of likely N-dealkylation sites (N-methyl/N-ethyl adjacent to an activating group) is 1. The molecule has 104 valence electrons. The van der Waals surface area contributed by atoms with E-state index in [1.54, 1.807) is 0 Å². The Morgan fingerprint density at radius 2 is 1.94 bits per heavy atom. The second kappa shape index (κ2) is 8.90. The minimum absolute atomic E-state index is 0.0644. The Hall–Kier alpha value is -0.120. The van der Waals surface area contributed by atoms with Gasteiger partial charge in [-0.25, -0.2) is 0 Å². The van der Waals surface area contributed by atoms with Crippen molar-refractivity contribution in [1.29, 1.82) is 0 Å². The van der Waals surface area contributed by atoms with E-state index in [-0.39, 0.29) is 12.1 Å². The van der Waals surface area contributed by atoms with Crippen molar-refractivity contribution in [3.8, 4) is 0 Å². The molecular formula is C14H32N2O. The predicted octanol–water partition coefficient (Wildman–Crippen LogP) is 2.25. The van der Waals surface area contributed by atoms with Crippen LogP contribution in [0.5, 0.6) is 0 Å². The summed E-state index contributed by atoms with van der Waals surface area (Å²) in [5, 5.41) is 13.0. The smallest absolute Gasteiger partial charge is 0.0613 e. The number of hydrogen-bond acceptors (Lipinski definition) is 3. The van der Waals surface area contributed by atoms with Gasteiger partial charge in [-0.1, -0.05) is 20.8 Å². The molecule has 0 aromatic carbocycles. The molecule has 2 atom stereocenters. The SMILES string of the molecule is CCNC(CC)(CO)CCCN(C)C(C)CC. The Kier molecular flexibility index (Phi) is 8.83. The molecule has 0 heterocycles. The van der Waals surface area contributed by atoms with E-state index in [2.05, 4.69) is 45.0 Å². The number of rotatable bonds is 10. The van der Waals surface area contributed by atoms with Gasteiger partial charge in [0.2, 0.25) is 0 Å². The molecule has 17 heavy (non-hydrogen) atoms. The summed E-state index contributed by atoms with van der Waals surface area (Å²) in [7, 11) is 2.19. The molecule has 3 nitrogen and oxygen atoms in total. The van der Waals surface area contributed by atoms with Crippen molar-refractivity contribution in [2.75, 3.05) is 26.7 Å². The molecule has 0 saturated carbocycles. The van der Waals surface area contributed by atoms with E-state index < -0.39 is 0 Å². The average molecular weight is 244 g/mol. The van der Waals surface area contributed by atoms with Gasteiger partial charge in [0.15, 0.2) is 0 Å². The molecule has 0 rings (SSSR count). The van der Waals surface area contributed by atoms with E-state index in [9.17, 15) is 5.11 Å². The van der Waals surface area contributed by atoms with Gasteiger partial charge in [0, 0.05) is 11.6 Å². The maximum atomic E-state index is 9.55. The van der Waals surface area contributed by atoms with Crippen molar-refractivity contribution in [3.63, 3.8) is 0 Å². The van der Waals surface area contributed by atoms with E-state index in [0.717, 1.165) is 32.4 Å². The highest BCUT2D eigenvalue weighted by Gasteiger charge is 2.25. The Morgan fingerprint density at radius 1 is 1.29 bits per heavy atom. The van der Waals surface area contributed by atoms with Crippen molar-refractivity contribution in [2.45, 2.75) is 65.0 Å². The highest BCUT2D eigenvalue weighted by Crippen LogP contribution is 2.17. The van der Waals surface area contributed by atoms with Crippen LogP contribution in [0.15, 0.2) is 0 Å². The molecule has 0 spiro atoms. The molecular weight excluding hydrogens is 212 g/mol. The van der Waals surface area contributed by atoms with Crippen LogP contribution in [0.1, 0.15) is 53.4 Å². The van der Waals surface area contributed by atoms with Gasteiger partial charge in [-0.05, 0) is 52.7 Å². The van der Waals surface area contributed by atoms with Gasteiger partial charge in [0.25, 0.3) is 0 Å². The van der Waals surface area contributed by atoms with Crippen molar-refractivity contribution < 1.29 is 5.11 Å². The van der Waals surface area contributed by atoms with Crippen molar-refractivity contribution >= 4 is 0 Å². The zero-order chi connectivity index (χ0) is 13.3. The van der Waals surface area contributed by atoms with Gasteiger partial charge >= 0.3 is 0 Å². The van der Waals surface area contributed by atoms with Crippen molar-refractivity contribution in [1.82, 2.24) is 10.2 Å². The molecule has 0 aromatic heterocycles. The van der Waals surface area contributed by atoms with E-state index in [4.69, 9.17) is 0 Å². The van der Waals surface area contributed by atoms with Crippen LogP contribution in [0.4, 0.5) is 0 Å². The van der Waals surface area contributed by atoms with Gasteiger partial charge in [-0.15, -0.1) is 0 Å². The van der Waals surface area contributed by atoms with Crippen LogP contribution >= 0.6 is 0 Å². The summed E-state index contributed by atoms with van der Waals surface area (Å²) in [5.41, 5.74) is -0.0644. The van der Waals surface area contributed by atoms with Gasteiger partial charge in [0.1, 0.15) is 0 Å². The summed E-state index contributed by atoms with van der Waals surface area (Å²) in [6.45, 7) is 11.0. The Bertz CT molecular complexity index is 181. The molecule has 0 aromatic rings. The van der Waals surface area contributed by atoms with Crippen LogP contribution < -0.4 is 5.32 Å². The first-order chi connectivity index (χ1) is 8.05. The predicted molar refractivity (Wildman–Crippen MR) is 75.4 cm³/mol. The zero-order valence-corrected chi connectivity index (χ0v) is 12.4. The minimum atomic E-state index is -0.0644. The fourth-order valence-electron chi connectivity index (χ4n) is 2.21. The molecule has 0 aliphatic heterocycles. The van der Waals surface area contributed by atoms with E-state index in [0.29, 0.717) is 6.04 Å². The Labute approximate surface area is 108 Å². The van der Waals surface area contributed by atoms with E-state index >= 15 is 0 Å². The fourth-order valence-corrected chi connectivity index (χ4v) is 2.21. The largest absolute Gasteiger partial charge is 0.394 e. The molecule has 2 unspecified atom stereocenters. The lowest BCUT2D eigenvalue weighted by molar-refractivity contribution is 0.138. The number of aliphatic hydroxyl groups is 1. The second-order valence-corrected chi connectivity index (χ2v) is 5.16. The lowest BCUT2D eigenvalue weighted by Gasteiger charge is -2.33. The Morgan fingerprint density at radius 3 is 2.35 bits per heavy atom. The molecule has 0 bridgehead atoms. The van der Waals surface area contributed by atoms with E-state index in [1.807, 2.05) is 0 Å². The van der Waals surface area contributed by atoms with Crippen LogP contribution in [0.2, 0.25) is 0 Å². The fraction of sp³-hybridized carbons (Fsp3) is 1.00. The summed E-state index contributed by atoms with van der Waals surface area (Å²) in [4.78, 5) is 2.41. The van der Waals surface area contributed by atoms with Crippen LogP contribution in [-0.2, 0) is 0 Å². The topological polar surface area (TPSA) is 35.5 Å². The van der Waals surface area contributed by atoms with Crippen LogP contribution in [0.25, 0.3) is 0 Å². The van der Waals surface area contributed by atoms with Gasteiger partial charge in [0.05, 0.1) is 6.61 Å². The normalized spacial score (nSPS) is 17.1. The average Bonchev–Trinajstić information content (AvgIpc) is 2.36. The summed E-state index contributed by atoms with van der Waals surface area (Å²) < 4.78 is 0. The van der Waals surface area contributed by atoms with Crippen molar-refractivity contribution in [2.24, 2.45) is 0 Å². The first kappa shape index (κ1) is 16.9. The number of nitrogens with one attached hydrogen (secondary N) is 1. The van der Waals surface area contributed by atoms with Crippen molar-refractivity contribution in [3.05, 3.63) is 0 Å². The number of hydrogen-bond donors (Lipinski definition) is 2. The number of nitrogens with zero attached hydrogens (tertiary/aromatic N) is 1. The monoisotopic (exact) mass is 244 g/mol. The van der Waals surface area contributed by atoms with Gasteiger partial charge < -0.3 is 15.3 Å². The third-order valence-corrected chi connectivity index (χ3v) is 4.04. The summed E-state index contributed by atoms with van der Waals surface area (Å²) in [6, 6.07) is 0.652. The van der Waals surface area contributed by atoms with Crippen LogP contribution in [-0.4, -0.2) is 48.3 Å². The Balaban J connectivity index is 4.05. The minimum Gasteiger partial charge on any atom is -0.394 e. The summed E-state index contributed by atoms with van der Waals surface area (Å²) in [6.07, 6.45) is 4.38. The molecule has 0 saturated heterocycles. The van der Waals surface area contributed by atoms with Crippen LogP contribution in [0, 0.1) is 0 Å². The summed E-state index contributed by atoms with van der Waals surface area (Å²) in [5.74, 6) is 0. The lowest BCUT2D eigenvalue weighted by atomic mass is 9.91. The summed E-state index contributed by atoms with van der Waals surface area (Å²) >= 11 is 0. The quantitative estimate of drug-likeness (QED) is 0.619. The molecule has 2 N–H and O–H groups in total. The maximum absolute atomic E-state index is 9.55. The third-order valence-electron chi connectivity index (χ3n) is 4.04. The first-order valence-electron chi connectivity index (χ1n) is 7.11. The molecule has 0 fully saturated rings. The third kappa shape index (κ3) is 5.84. The van der Waals surface area contributed by atoms with Gasteiger partial charge in [-0.2, -0.15) is 0 Å². The highest BCUT2D eigenvalue weighted by molar-refractivity contribution is 4.85. The lowest BCUT2D eigenvalue weighted by Crippen LogP contribution is -2.48. The number of aliphatic hydroxyl groups excluding tert-OH is 1. The maximum Gasteiger partial charge on any atom is 0.0613 e. The molecule has 0 amide bonds. The zero-order valence-electron chi connectivity index (χ0n) is 12.4. The van der Waals surface area contributed by atoms with E-state index in [1.165, 1.54) is 6.42 Å². The molecule has 0 aliphatic carbocycles. The standard InChI is InChI=1S/C14H32N2O/c1-6-13(4)16(5)11-9-10-14(7-2,12-17)15-8-3/h13,15,17H,6-12H2,1-5H3. The van der Waals surface area contributed by atoms with Crippen LogP contribution in [0.3, 0.4) is 0 Å². The molecule has 0 radical (unpaired) electrons.